The fraction of sp³-hybridized carbons (Fsp3) is 0.235. The number of para-hydroxylation sites is 2. The van der Waals surface area contributed by atoms with Crippen molar-refractivity contribution < 1.29 is 9.53 Å². The predicted molar refractivity (Wildman–Crippen MR) is 86.3 cm³/mol. The van der Waals surface area contributed by atoms with Crippen LogP contribution in [0.1, 0.15) is 30.1 Å². The zero-order valence-corrected chi connectivity index (χ0v) is 12.7. The minimum absolute atomic E-state index is 0.205. The first-order valence-corrected chi connectivity index (χ1v) is 7.37. The number of carbonyl (C=O) groups is 1. The molecule has 21 heavy (non-hydrogen) atoms. The van der Waals surface area contributed by atoms with Crippen LogP contribution < -0.4 is 10.1 Å². The summed E-state index contributed by atoms with van der Waals surface area (Å²) in [5, 5.41) is 3.40. The largest absolute Gasteiger partial charge is 0.491 e. The summed E-state index contributed by atoms with van der Waals surface area (Å²) in [6, 6.07) is 14.3. The first kappa shape index (κ1) is 15.4. The molecule has 4 heteroatoms. The molecule has 0 aliphatic carbocycles. The van der Waals surface area contributed by atoms with Gasteiger partial charge in [-0.3, -0.25) is 4.79 Å². The number of unbranched alkanes of at least 4 members (excludes halogenated alkanes) is 1. The fourth-order valence-corrected chi connectivity index (χ4v) is 2.04. The molecular formula is C17H18ClNO2. The highest BCUT2D eigenvalue weighted by Gasteiger charge is 2.09. The van der Waals surface area contributed by atoms with Gasteiger partial charge >= 0.3 is 0 Å². The second kappa shape index (κ2) is 7.70. The normalized spacial score (nSPS) is 10.2. The van der Waals surface area contributed by atoms with Crippen LogP contribution >= 0.6 is 11.6 Å². The van der Waals surface area contributed by atoms with Gasteiger partial charge in [0.25, 0.3) is 5.91 Å². The number of nitrogens with one attached hydrogen (secondary N) is 1. The summed E-state index contributed by atoms with van der Waals surface area (Å²) < 4.78 is 5.70. The van der Waals surface area contributed by atoms with Crippen LogP contribution in [0.5, 0.6) is 5.75 Å². The maximum Gasteiger partial charge on any atom is 0.255 e. The Labute approximate surface area is 129 Å². The highest BCUT2D eigenvalue weighted by atomic mass is 35.5. The summed E-state index contributed by atoms with van der Waals surface area (Å²) >= 11 is 5.90. The van der Waals surface area contributed by atoms with Gasteiger partial charge in [-0.25, -0.2) is 0 Å². The molecule has 0 aromatic heterocycles. The van der Waals surface area contributed by atoms with Crippen LogP contribution in [-0.2, 0) is 0 Å². The van der Waals surface area contributed by atoms with Gasteiger partial charge in [0.15, 0.2) is 0 Å². The van der Waals surface area contributed by atoms with Crippen molar-refractivity contribution in [1.29, 1.82) is 0 Å². The monoisotopic (exact) mass is 303 g/mol. The number of ether oxygens (including phenoxy) is 1. The van der Waals surface area contributed by atoms with Crippen LogP contribution in [0.4, 0.5) is 5.69 Å². The smallest absolute Gasteiger partial charge is 0.255 e. The van der Waals surface area contributed by atoms with Gasteiger partial charge < -0.3 is 10.1 Å². The zero-order valence-electron chi connectivity index (χ0n) is 11.9. The highest BCUT2D eigenvalue weighted by molar-refractivity contribution is 6.31. The van der Waals surface area contributed by atoms with Gasteiger partial charge in [0.2, 0.25) is 0 Å². The molecule has 0 saturated carbocycles. The SMILES string of the molecule is CCCCOc1ccccc1NC(=O)c1cccc(Cl)c1. The van der Waals surface area contributed by atoms with Crippen molar-refractivity contribution in [2.75, 3.05) is 11.9 Å². The number of halogens is 1. The molecule has 0 atom stereocenters. The topological polar surface area (TPSA) is 38.3 Å². The van der Waals surface area contributed by atoms with Gasteiger partial charge in [0, 0.05) is 10.6 Å². The molecule has 0 aliphatic heterocycles. The number of hydrogen-bond acceptors (Lipinski definition) is 2. The average Bonchev–Trinajstić information content (AvgIpc) is 2.49. The van der Waals surface area contributed by atoms with E-state index in [9.17, 15) is 4.79 Å². The third-order valence-electron chi connectivity index (χ3n) is 2.98. The predicted octanol–water partition coefficient (Wildman–Crippen LogP) is 4.77. The first-order chi connectivity index (χ1) is 10.2. The van der Waals surface area contributed by atoms with Gasteiger partial charge in [-0.05, 0) is 36.8 Å². The minimum Gasteiger partial charge on any atom is -0.491 e. The van der Waals surface area contributed by atoms with E-state index >= 15 is 0 Å². The number of anilines is 1. The van der Waals surface area contributed by atoms with E-state index < -0.39 is 0 Å². The van der Waals surface area contributed by atoms with Gasteiger partial charge in [-0.15, -0.1) is 0 Å². The van der Waals surface area contributed by atoms with E-state index in [1.165, 1.54) is 0 Å². The highest BCUT2D eigenvalue weighted by Crippen LogP contribution is 2.25. The van der Waals surface area contributed by atoms with Crippen molar-refractivity contribution in [3.8, 4) is 5.75 Å². The molecule has 1 amide bonds. The number of rotatable bonds is 6. The van der Waals surface area contributed by atoms with Crippen molar-refractivity contribution in [2.45, 2.75) is 19.8 Å². The Morgan fingerprint density at radius 1 is 1.19 bits per heavy atom. The van der Waals surface area contributed by atoms with E-state index in [0.29, 0.717) is 28.6 Å². The molecule has 0 bridgehead atoms. The molecule has 1 N–H and O–H groups in total. The second-order valence-corrected chi connectivity index (χ2v) is 5.10. The van der Waals surface area contributed by atoms with E-state index in [0.717, 1.165) is 12.8 Å². The van der Waals surface area contributed by atoms with E-state index in [4.69, 9.17) is 16.3 Å². The van der Waals surface area contributed by atoms with Crippen LogP contribution in [0.25, 0.3) is 0 Å². The number of benzene rings is 2. The lowest BCUT2D eigenvalue weighted by Crippen LogP contribution is -2.13. The quantitative estimate of drug-likeness (QED) is 0.781. The summed E-state index contributed by atoms with van der Waals surface area (Å²) in [6.45, 7) is 2.75. The van der Waals surface area contributed by atoms with Crippen molar-refractivity contribution in [3.05, 3.63) is 59.1 Å². The standard InChI is InChI=1S/C17H18ClNO2/c1-2-3-11-21-16-10-5-4-9-15(16)19-17(20)13-7-6-8-14(18)12-13/h4-10,12H,2-3,11H2,1H3,(H,19,20). The Hall–Kier alpha value is -2.00. The first-order valence-electron chi connectivity index (χ1n) is 6.99. The van der Waals surface area contributed by atoms with Crippen LogP contribution in [-0.4, -0.2) is 12.5 Å². The summed E-state index contributed by atoms with van der Waals surface area (Å²) in [4.78, 5) is 12.2. The molecule has 2 aromatic carbocycles. The number of hydrogen-bond donors (Lipinski definition) is 1. The molecule has 0 aliphatic rings. The third-order valence-corrected chi connectivity index (χ3v) is 3.21. The minimum atomic E-state index is -0.205. The molecule has 0 saturated heterocycles. The van der Waals surface area contributed by atoms with Crippen molar-refractivity contribution in [3.63, 3.8) is 0 Å². The summed E-state index contributed by atoms with van der Waals surface area (Å²) in [5.41, 5.74) is 1.18. The molecule has 2 aromatic rings. The van der Waals surface area contributed by atoms with Gasteiger partial charge in [0.05, 0.1) is 12.3 Å². The Morgan fingerprint density at radius 2 is 2.00 bits per heavy atom. The van der Waals surface area contributed by atoms with Crippen molar-refractivity contribution in [2.24, 2.45) is 0 Å². The zero-order chi connectivity index (χ0) is 15.1. The molecule has 0 radical (unpaired) electrons. The average molecular weight is 304 g/mol. The Balaban J connectivity index is 2.10. The van der Waals surface area contributed by atoms with Crippen LogP contribution in [0.15, 0.2) is 48.5 Å². The molecule has 0 heterocycles. The van der Waals surface area contributed by atoms with Crippen LogP contribution in [0.3, 0.4) is 0 Å². The molecule has 2 rings (SSSR count). The Bertz CT molecular complexity index is 613. The summed E-state index contributed by atoms with van der Waals surface area (Å²) in [5.74, 6) is 0.477. The maximum atomic E-state index is 12.2. The van der Waals surface area contributed by atoms with E-state index in [1.807, 2.05) is 24.3 Å². The molecule has 110 valence electrons. The van der Waals surface area contributed by atoms with Gasteiger partial charge in [0.1, 0.15) is 5.75 Å². The Kier molecular flexibility index (Phi) is 5.64. The van der Waals surface area contributed by atoms with Gasteiger partial charge in [-0.2, -0.15) is 0 Å². The lowest BCUT2D eigenvalue weighted by molar-refractivity contribution is 0.102. The lowest BCUT2D eigenvalue weighted by Gasteiger charge is -2.12. The van der Waals surface area contributed by atoms with Crippen LogP contribution in [0, 0.1) is 0 Å². The van der Waals surface area contributed by atoms with E-state index in [-0.39, 0.29) is 5.91 Å². The van der Waals surface area contributed by atoms with E-state index in [1.54, 1.807) is 24.3 Å². The lowest BCUT2D eigenvalue weighted by atomic mass is 10.2. The molecule has 0 fully saturated rings. The third kappa shape index (κ3) is 4.50. The number of amides is 1. The molecular weight excluding hydrogens is 286 g/mol. The maximum absolute atomic E-state index is 12.2. The second-order valence-electron chi connectivity index (χ2n) is 4.66. The van der Waals surface area contributed by atoms with E-state index in [2.05, 4.69) is 12.2 Å². The van der Waals surface area contributed by atoms with Crippen LogP contribution in [0.2, 0.25) is 5.02 Å². The fourth-order valence-electron chi connectivity index (χ4n) is 1.85. The Morgan fingerprint density at radius 3 is 2.76 bits per heavy atom. The molecule has 3 nitrogen and oxygen atoms in total. The molecule has 0 unspecified atom stereocenters. The van der Waals surface area contributed by atoms with Gasteiger partial charge in [-0.1, -0.05) is 43.1 Å². The summed E-state index contributed by atoms with van der Waals surface area (Å²) in [6.07, 6.45) is 2.05. The molecule has 0 spiro atoms. The summed E-state index contributed by atoms with van der Waals surface area (Å²) in [7, 11) is 0. The van der Waals surface area contributed by atoms with Crippen molar-refractivity contribution in [1.82, 2.24) is 0 Å². The number of carbonyl (C=O) groups excluding carboxylic acids is 1. The van der Waals surface area contributed by atoms with Crippen molar-refractivity contribution >= 4 is 23.2 Å².